The summed E-state index contributed by atoms with van der Waals surface area (Å²) in [4.78, 5) is 0. The van der Waals surface area contributed by atoms with E-state index in [1.54, 1.807) is 0 Å². The Kier molecular flexibility index (Phi) is 5.38. The molecule has 86 valence electrons. The number of nitrogens with one attached hydrogen (secondary N) is 2. The standard InChI is InChI=1S/C13H19N3/c1-3-15-7-4-8-16-13-6-5-11(2)9-12(13)10-14/h5-6,9,15-16H,3-4,7-8H2,1-2H3. The summed E-state index contributed by atoms with van der Waals surface area (Å²) >= 11 is 0. The van der Waals surface area contributed by atoms with Gasteiger partial charge >= 0.3 is 0 Å². The molecule has 1 rings (SSSR count). The first-order valence-electron chi connectivity index (χ1n) is 5.73. The normalized spacial score (nSPS) is 9.81. The van der Waals surface area contributed by atoms with Crippen LogP contribution in [-0.4, -0.2) is 19.6 Å². The molecule has 0 atom stereocenters. The van der Waals surface area contributed by atoms with Crippen molar-refractivity contribution >= 4 is 5.69 Å². The molecular formula is C13H19N3. The van der Waals surface area contributed by atoms with Crippen molar-refractivity contribution < 1.29 is 0 Å². The van der Waals surface area contributed by atoms with Crippen molar-refractivity contribution in [2.75, 3.05) is 25.0 Å². The minimum atomic E-state index is 0.725. The van der Waals surface area contributed by atoms with Gasteiger partial charge in [-0.15, -0.1) is 0 Å². The minimum absolute atomic E-state index is 0.725. The first kappa shape index (κ1) is 12.5. The van der Waals surface area contributed by atoms with E-state index in [0.717, 1.165) is 42.9 Å². The Morgan fingerprint density at radius 1 is 1.31 bits per heavy atom. The average molecular weight is 217 g/mol. The zero-order valence-electron chi connectivity index (χ0n) is 10.0. The van der Waals surface area contributed by atoms with Gasteiger partial charge < -0.3 is 10.6 Å². The molecule has 0 aliphatic heterocycles. The maximum Gasteiger partial charge on any atom is 0.101 e. The van der Waals surface area contributed by atoms with Crippen molar-refractivity contribution in [3.63, 3.8) is 0 Å². The van der Waals surface area contributed by atoms with Crippen molar-refractivity contribution in [2.24, 2.45) is 0 Å². The van der Waals surface area contributed by atoms with E-state index in [1.807, 2.05) is 25.1 Å². The smallest absolute Gasteiger partial charge is 0.101 e. The van der Waals surface area contributed by atoms with Gasteiger partial charge in [-0.3, -0.25) is 0 Å². The average Bonchev–Trinajstić information content (AvgIpc) is 2.30. The van der Waals surface area contributed by atoms with E-state index in [4.69, 9.17) is 5.26 Å². The first-order chi connectivity index (χ1) is 7.77. The second kappa shape index (κ2) is 6.86. The Morgan fingerprint density at radius 2 is 2.12 bits per heavy atom. The summed E-state index contributed by atoms with van der Waals surface area (Å²) in [7, 11) is 0. The van der Waals surface area contributed by atoms with E-state index >= 15 is 0 Å². The molecule has 16 heavy (non-hydrogen) atoms. The van der Waals surface area contributed by atoms with Crippen LogP contribution >= 0.6 is 0 Å². The van der Waals surface area contributed by atoms with Crippen LogP contribution in [0.4, 0.5) is 5.69 Å². The molecule has 0 amide bonds. The Hall–Kier alpha value is -1.53. The summed E-state index contributed by atoms with van der Waals surface area (Å²) < 4.78 is 0. The maximum atomic E-state index is 8.98. The van der Waals surface area contributed by atoms with Crippen LogP contribution in [0.3, 0.4) is 0 Å². The number of nitrogens with zero attached hydrogens (tertiary/aromatic N) is 1. The highest BCUT2D eigenvalue weighted by molar-refractivity contribution is 5.58. The number of benzene rings is 1. The third-order valence-electron chi connectivity index (χ3n) is 2.39. The molecule has 2 N–H and O–H groups in total. The van der Waals surface area contributed by atoms with E-state index in [-0.39, 0.29) is 0 Å². The van der Waals surface area contributed by atoms with E-state index < -0.39 is 0 Å². The molecule has 0 saturated carbocycles. The molecule has 0 aliphatic rings. The molecule has 0 heterocycles. The van der Waals surface area contributed by atoms with Gasteiger partial charge in [-0.25, -0.2) is 0 Å². The lowest BCUT2D eigenvalue weighted by atomic mass is 10.1. The SMILES string of the molecule is CCNCCCNc1ccc(C)cc1C#N. The van der Waals surface area contributed by atoms with Crippen LogP contribution in [0.25, 0.3) is 0 Å². The van der Waals surface area contributed by atoms with Crippen molar-refractivity contribution in [3.8, 4) is 6.07 Å². The lowest BCUT2D eigenvalue weighted by Gasteiger charge is -2.08. The van der Waals surface area contributed by atoms with Gasteiger partial charge in [0, 0.05) is 6.54 Å². The van der Waals surface area contributed by atoms with Gasteiger partial charge in [0.25, 0.3) is 0 Å². The molecular weight excluding hydrogens is 198 g/mol. The van der Waals surface area contributed by atoms with Crippen LogP contribution in [0.5, 0.6) is 0 Å². The first-order valence-corrected chi connectivity index (χ1v) is 5.73. The highest BCUT2D eigenvalue weighted by Crippen LogP contribution is 2.15. The lowest BCUT2D eigenvalue weighted by Crippen LogP contribution is -2.17. The van der Waals surface area contributed by atoms with Gasteiger partial charge in [0.2, 0.25) is 0 Å². The van der Waals surface area contributed by atoms with Crippen LogP contribution in [0, 0.1) is 18.3 Å². The second-order valence-electron chi connectivity index (χ2n) is 3.79. The Balaban J connectivity index is 2.45. The van der Waals surface area contributed by atoms with Gasteiger partial charge in [0.05, 0.1) is 11.3 Å². The van der Waals surface area contributed by atoms with E-state index in [9.17, 15) is 0 Å². The second-order valence-corrected chi connectivity index (χ2v) is 3.79. The topological polar surface area (TPSA) is 47.8 Å². The molecule has 0 saturated heterocycles. The quantitative estimate of drug-likeness (QED) is 0.719. The molecule has 3 heteroatoms. The molecule has 0 spiro atoms. The molecule has 0 fully saturated rings. The molecule has 0 bridgehead atoms. The monoisotopic (exact) mass is 217 g/mol. The fraction of sp³-hybridized carbons (Fsp3) is 0.462. The fourth-order valence-corrected chi connectivity index (χ4v) is 1.52. The highest BCUT2D eigenvalue weighted by atomic mass is 14.9. The molecule has 1 aromatic rings. The van der Waals surface area contributed by atoms with Crippen molar-refractivity contribution in [2.45, 2.75) is 20.3 Å². The highest BCUT2D eigenvalue weighted by Gasteiger charge is 2.00. The van der Waals surface area contributed by atoms with Crippen molar-refractivity contribution in [3.05, 3.63) is 29.3 Å². The zero-order chi connectivity index (χ0) is 11.8. The third kappa shape index (κ3) is 3.92. The van der Waals surface area contributed by atoms with Gasteiger partial charge in [-0.2, -0.15) is 5.26 Å². The number of hydrogen-bond acceptors (Lipinski definition) is 3. The van der Waals surface area contributed by atoms with Crippen LogP contribution in [0.1, 0.15) is 24.5 Å². The fourth-order valence-electron chi connectivity index (χ4n) is 1.52. The molecule has 0 aromatic heterocycles. The van der Waals surface area contributed by atoms with Crippen LogP contribution < -0.4 is 10.6 Å². The van der Waals surface area contributed by atoms with E-state index in [2.05, 4.69) is 23.6 Å². The number of aryl methyl sites for hydroxylation is 1. The van der Waals surface area contributed by atoms with Gasteiger partial charge in [-0.05, 0) is 44.1 Å². The summed E-state index contributed by atoms with van der Waals surface area (Å²) in [5.74, 6) is 0. The Labute approximate surface area is 97.5 Å². The van der Waals surface area contributed by atoms with Crippen molar-refractivity contribution in [1.82, 2.24) is 5.32 Å². The largest absolute Gasteiger partial charge is 0.384 e. The zero-order valence-corrected chi connectivity index (χ0v) is 10.0. The maximum absolute atomic E-state index is 8.98. The number of nitriles is 1. The number of anilines is 1. The Bertz CT molecular complexity index is 366. The molecule has 0 aliphatic carbocycles. The predicted molar refractivity (Wildman–Crippen MR) is 67.5 cm³/mol. The summed E-state index contributed by atoms with van der Waals surface area (Å²) in [6.45, 7) is 7.01. The Morgan fingerprint density at radius 3 is 2.81 bits per heavy atom. The van der Waals surface area contributed by atoms with E-state index in [0.29, 0.717) is 0 Å². The van der Waals surface area contributed by atoms with Gasteiger partial charge in [-0.1, -0.05) is 13.0 Å². The molecule has 3 nitrogen and oxygen atoms in total. The molecule has 0 unspecified atom stereocenters. The molecule has 1 aromatic carbocycles. The number of hydrogen-bond donors (Lipinski definition) is 2. The lowest BCUT2D eigenvalue weighted by molar-refractivity contribution is 0.688. The summed E-state index contributed by atoms with van der Waals surface area (Å²) in [6.07, 6.45) is 1.06. The minimum Gasteiger partial charge on any atom is -0.384 e. The summed E-state index contributed by atoms with van der Waals surface area (Å²) in [5, 5.41) is 15.5. The third-order valence-corrected chi connectivity index (χ3v) is 2.39. The molecule has 0 radical (unpaired) electrons. The van der Waals surface area contributed by atoms with Crippen molar-refractivity contribution in [1.29, 1.82) is 5.26 Å². The van der Waals surface area contributed by atoms with Gasteiger partial charge in [0.15, 0.2) is 0 Å². The summed E-state index contributed by atoms with van der Waals surface area (Å²) in [5.41, 5.74) is 2.78. The van der Waals surface area contributed by atoms with E-state index in [1.165, 1.54) is 0 Å². The van der Waals surface area contributed by atoms with Crippen LogP contribution in [-0.2, 0) is 0 Å². The van der Waals surface area contributed by atoms with Gasteiger partial charge in [0.1, 0.15) is 6.07 Å². The van der Waals surface area contributed by atoms with Crippen LogP contribution in [0.2, 0.25) is 0 Å². The number of rotatable bonds is 6. The summed E-state index contributed by atoms with van der Waals surface area (Å²) in [6, 6.07) is 8.11. The van der Waals surface area contributed by atoms with Crippen LogP contribution in [0.15, 0.2) is 18.2 Å². The predicted octanol–water partition coefficient (Wildman–Crippen LogP) is 2.28.